The molecule has 0 saturated carbocycles. The molecule has 2 heterocycles. The number of nitrogens with one attached hydrogen (secondary N) is 1. The number of carbonyl (C=O) groups excluding carboxylic acids is 2. The summed E-state index contributed by atoms with van der Waals surface area (Å²) in [6.45, 7) is 1.04. The second kappa shape index (κ2) is 4.96. The summed E-state index contributed by atoms with van der Waals surface area (Å²) in [5, 5.41) is 11.5. The van der Waals surface area contributed by atoms with Gasteiger partial charge in [0.15, 0.2) is 0 Å². The van der Waals surface area contributed by atoms with Crippen LogP contribution in [0.5, 0.6) is 0 Å². The van der Waals surface area contributed by atoms with Crippen molar-refractivity contribution in [3.8, 4) is 0 Å². The van der Waals surface area contributed by atoms with Crippen molar-refractivity contribution in [3.05, 3.63) is 18.7 Å². The van der Waals surface area contributed by atoms with E-state index in [-0.39, 0.29) is 12.3 Å². The molecule has 1 atom stereocenters. The van der Waals surface area contributed by atoms with E-state index in [0.29, 0.717) is 19.5 Å². The van der Waals surface area contributed by atoms with Gasteiger partial charge in [-0.15, -0.1) is 0 Å². The topological polar surface area (TPSA) is 87.5 Å². The molecule has 1 saturated heterocycles. The first kappa shape index (κ1) is 11.6. The van der Waals surface area contributed by atoms with Crippen LogP contribution < -0.4 is 5.32 Å². The maximum atomic E-state index is 11.5. The van der Waals surface area contributed by atoms with E-state index < -0.39 is 12.3 Å². The molecule has 1 unspecified atom stereocenters. The van der Waals surface area contributed by atoms with E-state index >= 15 is 0 Å². The van der Waals surface area contributed by atoms with Crippen molar-refractivity contribution in [2.24, 2.45) is 0 Å². The summed E-state index contributed by atoms with van der Waals surface area (Å²) < 4.78 is 1.88. The van der Waals surface area contributed by atoms with Crippen LogP contribution in [-0.2, 0) is 11.3 Å². The van der Waals surface area contributed by atoms with Gasteiger partial charge in [0.1, 0.15) is 6.23 Å². The summed E-state index contributed by atoms with van der Waals surface area (Å²) in [6, 6.07) is -0.528. The molecule has 1 aromatic rings. The number of urea groups is 1. The number of aryl methyl sites for hydroxylation is 1. The lowest BCUT2D eigenvalue weighted by atomic mass is 10.2. The first-order valence-corrected chi connectivity index (χ1v) is 5.41. The number of amides is 3. The summed E-state index contributed by atoms with van der Waals surface area (Å²) in [6.07, 6.45) is 4.72. The molecule has 0 spiro atoms. The maximum Gasteiger partial charge on any atom is 0.326 e. The number of aromatic nitrogens is 2. The lowest BCUT2D eigenvalue weighted by Gasteiger charge is -2.28. The summed E-state index contributed by atoms with van der Waals surface area (Å²) in [4.78, 5) is 27.9. The van der Waals surface area contributed by atoms with Crippen molar-refractivity contribution in [2.75, 3.05) is 6.54 Å². The Kier molecular flexibility index (Phi) is 3.38. The van der Waals surface area contributed by atoms with Crippen molar-refractivity contribution in [2.45, 2.75) is 25.6 Å². The summed E-state index contributed by atoms with van der Waals surface area (Å²) in [5.74, 6) is -0.341. The van der Waals surface area contributed by atoms with E-state index in [4.69, 9.17) is 5.11 Å². The molecular weight excluding hydrogens is 224 g/mol. The number of aliphatic hydroxyl groups is 1. The summed E-state index contributed by atoms with van der Waals surface area (Å²) in [5.41, 5.74) is 0. The molecule has 0 aromatic carbocycles. The number of rotatable bonds is 4. The highest BCUT2D eigenvalue weighted by Gasteiger charge is 2.30. The van der Waals surface area contributed by atoms with Crippen LogP contribution in [0.4, 0.5) is 4.79 Å². The highest BCUT2D eigenvalue weighted by molar-refractivity contribution is 5.97. The van der Waals surface area contributed by atoms with Gasteiger partial charge in [-0.3, -0.25) is 9.69 Å². The normalized spacial score (nSPS) is 20.5. The van der Waals surface area contributed by atoms with Crippen molar-refractivity contribution in [3.63, 3.8) is 0 Å². The van der Waals surface area contributed by atoms with Crippen molar-refractivity contribution >= 4 is 11.9 Å². The summed E-state index contributed by atoms with van der Waals surface area (Å²) >= 11 is 0. The largest absolute Gasteiger partial charge is 0.373 e. The monoisotopic (exact) mass is 238 g/mol. The highest BCUT2D eigenvalue weighted by Crippen LogP contribution is 2.06. The molecule has 1 aliphatic rings. The number of nitrogens with zero attached hydrogens (tertiary/aromatic N) is 3. The van der Waals surface area contributed by atoms with Crippen molar-refractivity contribution in [1.82, 2.24) is 19.8 Å². The Morgan fingerprint density at radius 3 is 2.94 bits per heavy atom. The zero-order valence-electron chi connectivity index (χ0n) is 9.24. The molecule has 7 heteroatoms. The predicted molar refractivity (Wildman–Crippen MR) is 57.7 cm³/mol. The first-order valence-electron chi connectivity index (χ1n) is 5.41. The Morgan fingerprint density at radius 1 is 1.47 bits per heavy atom. The van der Waals surface area contributed by atoms with Crippen molar-refractivity contribution in [1.29, 1.82) is 0 Å². The molecule has 3 amide bonds. The van der Waals surface area contributed by atoms with E-state index in [1.54, 1.807) is 12.5 Å². The molecule has 1 aliphatic heterocycles. The van der Waals surface area contributed by atoms with Crippen LogP contribution in [0.15, 0.2) is 18.7 Å². The fourth-order valence-corrected chi connectivity index (χ4v) is 1.72. The molecule has 2 N–H and O–H groups in total. The minimum atomic E-state index is -1.06. The van der Waals surface area contributed by atoms with E-state index in [9.17, 15) is 9.59 Å². The molecule has 0 radical (unpaired) electrons. The van der Waals surface area contributed by atoms with Gasteiger partial charge in [-0.1, -0.05) is 0 Å². The van der Waals surface area contributed by atoms with E-state index in [0.717, 1.165) is 4.90 Å². The fraction of sp³-hybridized carbons (Fsp3) is 0.500. The Bertz CT molecular complexity index is 386. The molecule has 0 aliphatic carbocycles. The standard InChI is InChI=1S/C10H14N4O3/c15-8-6-9(16)14(10(17)12-8)4-1-3-13-5-2-11-7-13/h2,5,7-8,15H,1,3-4,6H2,(H,12,17). The third-order valence-electron chi connectivity index (χ3n) is 2.56. The van der Waals surface area contributed by atoms with Gasteiger partial charge in [0.25, 0.3) is 0 Å². The number of carbonyl (C=O) groups is 2. The SMILES string of the molecule is O=C1CC(O)NC(=O)N1CCCn1ccnc1. The summed E-state index contributed by atoms with van der Waals surface area (Å²) in [7, 11) is 0. The molecule has 0 bridgehead atoms. The van der Waals surface area contributed by atoms with Crippen LogP contribution in [0, 0.1) is 0 Å². The third-order valence-corrected chi connectivity index (χ3v) is 2.56. The number of hydrogen-bond donors (Lipinski definition) is 2. The lowest BCUT2D eigenvalue weighted by molar-refractivity contribution is -0.133. The van der Waals surface area contributed by atoms with Crippen molar-refractivity contribution < 1.29 is 14.7 Å². The maximum absolute atomic E-state index is 11.5. The van der Waals surface area contributed by atoms with Gasteiger partial charge in [-0.25, -0.2) is 9.78 Å². The highest BCUT2D eigenvalue weighted by atomic mass is 16.3. The van der Waals surface area contributed by atoms with Crippen LogP contribution in [-0.4, -0.2) is 44.3 Å². The molecule has 7 nitrogen and oxygen atoms in total. The van der Waals surface area contributed by atoms with Crippen LogP contribution >= 0.6 is 0 Å². The number of imidazole rings is 1. The smallest absolute Gasteiger partial charge is 0.326 e. The molecule has 92 valence electrons. The van der Waals surface area contributed by atoms with E-state index in [1.807, 2.05) is 10.8 Å². The second-order valence-electron chi connectivity index (χ2n) is 3.87. The van der Waals surface area contributed by atoms with Crippen LogP contribution in [0.2, 0.25) is 0 Å². The van der Waals surface area contributed by atoms with E-state index in [2.05, 4.69) is 10.3 Å². The molecule has 17 heavy (non-hydrogen) atoms. The number of imide groups is 1. The average Bonchev–Trinajstić information content (AvgIpc) is 2.74. The Hall–Kier alpha value is -1.89. The Morgan fingerprint density at radius 2 is 2.29 bits per heavy atom. The second-order valence-corrected chi connectivity index (χ2v) is 3.87. The van der Waals surface area contributed by atoms with Gasteiger partial charge < -0.3 is 15.0 Å². The minimum absolute atomic E-state index is 0.0587. The van der Waals surface area contributed by atoms with Crippen LogP contribution in [0.25, 0.3) is 0 Å². The third kappa shape index (κ3) is 2.82. The van der Waals surface area contributed by atoms with Crippen LogP contribution in [0.1, 0.15) is 12.8 Å². The number of aliphatic hydroxyl groups excluding tert-OH is 1. The zero-order valence-corrected chi connectivity index (χ0v) is 9.24. The Labute approximate surface area is 98.0 Å². The molecule has 1 fully saturated rings. The van der Waals surface area contributed by atoms with E-state index in [1.165, 1.54) is 0 Å². The van der Waals surface area contributed by atoms with Gasteiger partial charge in [0, 0.05) is 25.5 Å². The Balaban J connectivity index is 1.82. The fourth-order valence-electron chi connectivity index (χ4n) is 1.72. The van der Waals surface area contributed by atoms with Gasteiger partial charge in [-0.05, 0) is 6.42 Å². The zero-order chi connectivity index (χ0) is 12.3. The first-order chi connectivity index (χ1) is 8.16. The quantitative estimate of drug-likeness (QED) is 0.742. The van der Waals surface area contributed by atoms with Gasteiger partial charge in [-0.2, -0.15) is 0 Å². The number of hydrogen-bond acceptors (Lipinski definition) is 4. The molecule has 1 aromatic heterocycles. The minimum Gasteiger partial charge on any atom is -0.373 e. The molecule has 2 rings (SSSR count). The van der Waals surface area contributed by atoms with Crippen LogP contribution in [0.3, 0.4) is 0 Å². The predicted octanol–water partition coefficient (Wildman–Crippen LogP) is -0.467. The van der Waals surface area contributed by atoms with Gasteiger partial charge in [0.2, 0.25) is 5.91 Å². The van der Waals surface area contributed by atoms with Gasteiger partial charge in [0.05, 0.1) is 12.7 Å². The molecular formula is C10H14N4O3. The van der Waals surface area contributed by atoms with Gasteiger partial charge >= 0.3 is 6.03 Å². The lowest BCUT2D eigenvalue weighted by Crippen LogP contribution is -2.54. The average molecular weight is 238 g/mol.